The summed E-state index contributed by atoms with van der Waals surface area (Å²) < 4.78 is 27.1. The summed E-state index contributed by atoms with van der Waals surface area (Å²) in [7, 11) is 0. The Labute approximate surface area is 81.6 Å². The topological polar surface area (TPSA) is 33.1 Å². The van der Waals surface area contributed by atoms with E-state index in [1.165, 1.54) is 12.3 Å². The summed E-state index contributed by atoms with van der Waals surface area (Å²) in [5, 5.41) is 9.31. The van der Waals surface area contributed by atoms with Crippen molar-refractivity contribution in [3.8, 4) is 0 Å². The van der Waals surface area contributed by atoms with Crippen molar-refractivity contribution in [2.45, 2.75) is 32.3 Å². The molecule has 14 heavy (non-hydrogen) atoms. The van der Waals surface area contributed by atoms with E-state index in [0.29, 0.717) is 5.56 Å². The highest BCUT2D eigenvalue weighted by Gasteiger charge is 2.47. The average molecular weight is 201 g/mol. The molecule has 0 aliphatic carbocycles. The van der Waals surface area contributed by atoms with Crippen LogP contribution in [-0.4, -0.2) is 15.7 Å². The summed E-state index contributed by atoms with van der Waals surface area (Å²) in [6, 6.07) is 1.32. The fourth-order valence-electron chi connectivity index (χ4n) is 1.08. The van der Waals surface area contributed by atoms with Gasteiger partial charge in [0.05, 0.1) is 0 Å². The predicted octanol–water partition coefficient (Wildman–Crippen LogP) is 2.25. The Bertz CT molecular complexity index is 331. The van der Waals surface area contributed by atoms with Crippen molar-refractivity contribution < 1.29 is 13.9 Å². The van der Waals surface area contributed by atoms with Crippen LogP contribution in [0.2, 0.25) is 0 Å². The summed E-state index contributed by atoms with van der Waals surface area (Å²) in [4.78, 5) is 3.67. The van der Waals surface area contributed by atoms with Crippen molar-refractivity contribution in [2.75, 3.05) is 0 Å². The lowest BCUT2D eigenvalue weighted by Gasteiger charge is -2.29. The van der Waals surface area contributed by atoms with Crippen LogP contribution in [0.4, 0.5) is 8.78 Å². The van der Waals surface area contributed by atoms with Gasteiger partial charge in [0.1, 0.15) is 5.60 Å². The molecule has 0 bridgehead atoms. The van der Waals surface area contributed by atoms with Gasteiger partial charge in [-0.15, -0.1) is 0 Å². The first kappa shape index (κ1) is 11.0. The van der Waals surface area contributed by atoms with Crippen LogP contribution in [0.25, 0.3) is 0 Å². The molecule has 0 fully saturated rings. The minimum Gasteiger partial charge on any atom is -0.384 e. The highest BCUT2D eigenvalue weighted by molar-refractivity contribution is 5.23. The number of nitrogens with zero attached hydrogens (tertiary/aromatic N) is 1. The van der Waals surface area contributed by atoms with E-state index in [0.717, 1.165) is 20.0 Å². The molecule has 0 amide bonds. The van der Waals surface area contributed by atoms with Crippen LogP contribution in [-0.2, 0) is 5.92 Å². The maximum Gasteiger partial charge on any atom is 0.302 e. The number of hydrogen-bond donors (Lipinski definition) is 1. The van der Waals surface area contributed by atoms with Crippen LogP contribution in [0.3, 0.4) is 0 Å². The molecule has 0 aromatic carbocycles. The maximum absolute atomic E-state index is 13.6. The standard InChI is InChI=1S/C10H13F2NO/c1-7-4-8(6-13-5-7)10(11,12)9(2,3)14/h4-6,14H,1-3H3. The zero-order valence-corrected chi connectivity index (χ0v) is 8.38. The SMILES string of the molecule is Cc1cncc(C(F)(F)C(C)(C)O)c1. The van der Waals surface area contributed by atoms with Crippen molar-refractivity contribution in [3.63, 3.8) is 0 Å². The van der Waals surface area contributed by atoms with Gasteiger partial charge in [-0.05, 0) is 32.4 Å². The van der Waals surface area contributed by atoms with Crippen molar-refractivity contribution in [2.24, 2.45) is 0 Å². The molecule has 2 nitrogen and oxygen atoms in total. The van der Waals surface area contributed by atoms with Crippen LogP contribution in [0.5, 0.6) is 0 Å². The second-order valence-corrected chi connectivity index (χ2v) is 3.88. The third kappa shape index (κ3) is 1.90. The summed E-state index contributed by atoms with van der Waals surface area (Å²) in [5.74, 6) is -3.29. The van der Waals surface area contributed by atoms with Crippen LogP contribution in [0.15, 0.2) is 18.5 Å². The number of halogens is 2. The first-order valence-electron chi connectivity index (χ1n) is 4.27. The number of pyridine rings is 1. The first-order valence-corrected chi connectivity index (χ1v) is 4.27. The Morgan fingerprint density at radius 1 is 1.29 bits per heavy atom. The quantitative estimate of drug-likeness (QED) is 0.796. The average Bonchev–Trinajstić information content (AvgIpc) is 2.02. The summed E-state index contributed by atoms with van der Waals surface area (Å²) in [5.41, 5.74) is -1.70. The van der Waals surface area contributed by atoms with E-state index in [2.05, 4.69) is 4.98 Å². The molecule has 0 saturated carbocycles. The van der Waals surface area contributed by atoms with Crippen LogP contribution in [0, 0.1) is 6.92 Å². The number of aliphatic hydroxyl groups is 1. The summed E-state index contributed by atoms with van der Waals surface area (Å²) >= 11 is 0. The molecule has 0 unspecified atom stereocenters. The van der Waals surface area contributed by atoms with E-state index >= 15 is 0 Å². The Morgan fingerprint density at radius 2 is 1.86 bits per heavy atom. The third-order valence-electron chi connectivity index (χ3n) is 2.01. The van der Waals surface area contributed by atoms with Gasteiger partial charge in [-0.2, -0.15) is 8.78 Å². The molecule has 0 atom stereocenters. The number of aryl methyl sites for hydroxylation is 1. The molecule has 78 valence electrons. The van der Waals surface area contributed by atoms with E-state index in [9.17, 15) is 13.9 Å². The molecule has 1 N–H and O–H groups in total. The van der Waals surface area contributed by atoms with Crippen molar-refractivity contribution >= 4 is 0 Å². The molecule has 0 radical (unpaired) electrons. The minimum absolute atomic E-state index is 0.259. The Morgan fingerprint density at radius 3 is 2.29 bits per heavy atom. The molecule has 0 aliphatic rings. The van der Waals surface area contributed by atoms with Gasteiger partial charge in [-0.3, -0.25) is 4.98 Å². The van der Waals surface area contributed by atoms with Crippen LogP contribution < -0.4 is 0 Å². The van der Waals surface area contributed by atoms with Gasteiger partial charge in [0.25, 0.3) is 0 Å². The fourth-order valence-corrected chi connectivity index (χ4v) is 1.08. The van der Waals surface area contributed by atoms with Crippen molar-refractivity contribution in [3.05, 3.63) is 29.6 Å². The largest absolute Gasteiger partial charge is 0.384 e. The molecule has 0 saturated heterocycles. The van der Waals surface area contributed by atoms with Gasteiger partial charge in [-0.1, -0.05) is 0 Å². The lowest BCUT2D eigenvalue weighted by molar-refractivity contribution is -0.168. The Kier molecular flexibility index (Phi) is 2.58. The lowest BCUT2D eigenvalue weighted by Crippen LogP contribution is -2.40. The Balaban J connectivity index is 3.16. The normalized spacial score (nSPS) is 13.0. The zero-order chi connectivity index (χ0) is 11.0. The molecule has 1 heterocycles. The van der Waals surface area contributed by atoms with Crippen LogP contribution in [0.1, 0.15) is 25.0 Å². The number of hydrogen-bond acceptors (Lipinski definition) is 2. The molecule has 1 aromatic rings. The molecular weight excluding hydrogens is 188 g/mol. The van der Waals surface area contributed by atoms with Crippen molar-refractivity contribution in [1.29, 1.82) is 0 Å². The third-order valence-corrected chi connectivity index (χ3v) is 2.01. The van der Waals surface area contributed by atoms with Crippen LogP contribution >= 0.6 is 0 Å². The first-order chi connectivity index (χ1) is 6.25. The monoisotopic (exact) mass is 201 g/mol. The number of alkyl halides is 2. The smallest absolute Gasteiger partial charge is 0.302 e. The molecule has 1 rings (SSSR count). The second-order valence-electron chi connectivity index (χ2n) is 3.88. The second kappa shape index (κ2) is 3.28. The molecule has 1 aromatic heterocycles. The van der Waals surface area contributed by atoms with E-state index in [1.807, 2.05) is 0 Å². The van der Waals surface area contributed by atoms with Gasteiger partial charge >= 0.3 is 5.92 Å². The highest BCUT2D eigenvalue weighted by Crippen LogP contribution is 2.38. The van der Waals surface area contributed by atoms with E-state index < -0.39 is 11.5 Å². The molecular formula is C10H13F2NO. The van der Waals surface area contributed by atoms with Gasteiger partial charge in [0.2, 0.25) is 0 Å². The maximum atomic E-state index is 13.6. The fraction of sp³-hybridized carbons (Fsp3) is 0.500. The van der Waals surface area contributed by atoms with Gasteiger partial charge < -0.3 is 5.11 Å². The van der Waals surface area contributed by atoms with E-state index in [-0.39, 0.29) is 5.56 Å². The predicted molar refractivity (Wildman–Crippen MR) is 49.2 cm³/mol. The molecule has 0 spiro atoms. The zero-order valence-electron chi connectivity index (χ0n) is 8.38. The summed E-state index contributed by atoms with van der Waals surface area (Å²) in [6.45, 7) is 3.83. The van der Waals surface area contributed by atoms with E-state index in [1.54, 1.807) is 6.92 Å². The lowest BCUT2D eigenvalue weighted by atomic mass is 9.94. The van der Waals surface area contributed by atoms with E-state index in [4.69, 9.17) is 0 Å². The number of aromatic nitrogens is 1. The highest BCUT2D eigenvalue weighted by atomic mass is 19.3. The summed E-state index contributed by atoms with van der Waals surface area (Å²) in [6.07, 6.45) is 2.56. The number of rotatable bonds is 2. The van der Waals surface area contributed by atoms with Crippen molar-refractivity contribution in [1.82, 2.24) is 4.98 Å². The van der Waals surface area contributed by atoms with Gasteiger partial charge in [0.15, 0.2) is 0 Å². The molecule has 4 heteroatoms. The van der Waals surface area contributed by atoms with Gasteiger partial charge in [-0.25, -0.2) is 0 Å². The van der Waals surface area contributed by atoms with Gasteiger partial charge in [0, 0.05) is 18.0 Å². The molecule has 0 aliphatic heterocycles. The Hall–Kier alpha value is -1.03. The minimum atomic E-state index is -3.29.